The highest BCUT2D eigenvalue weighted by Crippen LogP contribution is 2.33. The van der Waals surface area contributed by atoms with Crippen LogP contribution in [0.25, 0.3) is 16.3 Å². The number of aromatic nitrogens is 2. The fourth-order valence-electron chi connectivity index (χ4n) is 1.89. The Morgan fingerprint density at radius 2 is 1.95 bits per heavy atom. The van der Waals surface area contributed by atoms with Gasteiger partial charge in [-0.05, 0) is 36.4 Å². The summed E-state index contributed by atoms with van der Waals surface area (Å²) < 4.78 is 3.20. The van der Waals surface area contributed by atoms with Crippen molar-refractivity contribution in [2.24, 2.45) is 0 Å². The van der Waals surface area contributed by atoms with Gasteiger partial charge in [0.25, 0.3) is 0 Å². The number of thiophene rings is 1. The molecule has 0 fully saturated rings. The molecule has 0 spiro atoms. The second-order valence-electron chi connectivity index (χ2n) is 4.21. The molecule has 0 atom stereocenters. The molecular weight excluding hydrogens is 376 g/mol. The van der Waals surface area contributed by atoms with Crippen LogP contribution in [-0.4, -0.2) is 20.9 Å². The topological polar surface area (TPSA) is 55.1 Å². The van der Waals surface area contributed by atoms with Crippen molar-refractivity contribution in [2.75, 3.05) is 0 Å². The van der Waals surface area contributed by atoms with Crippen LogP contribution in [0.1, 0.15) is 10.5 Å². The smallest absolute Gasteiger partial charge is 0.356 e. The van der Waals surface area contributed by atoms with E-state index in [4.69, 9.17) is 16.7 Å². The molecular formula is C14H8BrClN2O2S. The van der Waals surface area contributed by atoms with Gasteiger partial charge >= 0.3 is 5.97 Å². The molecule has 21 heavy (non-hydrogen) atoms. The summed E-state index contributed by atoms with van der Waals surface area (Å²) in [5, 5.41) is 13.3. The summed E-state index contributed by atoms with van der Waals surface area (Å²) in [6.07, 6.45) is 0. The van der Waals surface area contributed by atoms with E-state index in [1.54, 1.807) is 16.8 Å². The van der Waals surface area contributed by atoms with Gasteiger partial charge in [-0.1, -0.05) is 27.5 Å². The van der Waals surface area contributed by atoms with E-state index in [9.17, 15) is 4.79 Å². The van der Waals surface area contributed by atoms with E-state index in [1.807, 2.05) is 30.3 Å². The lowest BCUT2D eigenvalue weighted by atomic mass is 10.3. The fourth-order valence-corrected chi connectivity index (χ4v) is 3.20. The van der Waals surface area contributed by atoms with Crippen molar-refractivity contribution < 1.29 is 9.90 Å². The molecule has 4 nitrogen and oxygen atoms in total. The van der Waals surface area contributed by atoms with Crippen LogP contribution in [0, 0.1) is 0 Å². The van der Waals surface area contributed by atoms with Gasteiger partial charge in [-0.3, -0.25) is 0 Å². The van der Waals surface area contributed by atoms with Crippen LogP contribution < -0.4 is 0 Å². The van der Waals surface area contributed by atoms with E-state index in [0.29, 0.717) is 10.0 Å². The molecule has 0 radical (unpaired) electrons. The Bertz CT molecular complexity index is 811. The van der Waals surface area contributed by atoms with Crippen molar-refractivity contribution in [3.05, 3.63) is 57.0 Å². The van der Waals surface area contributed by atoms with E-state index < -0.39 is 5.97 Å². The van der Waals surface area contributed by atoms with Gasteiger partial charge in [0.05, 0.1) is 20.6 Å². The third-order valence-electron chi connectivity index (χ3n) is 2.83. The standard InChI is InChI=1S/C14H8BrClN2O2S/c15-8-1-3-9(4-2-8)18-11(7-10(17-18)14(19)20)12-5-6-13(16)21-12/h1-7H,(H,19,20). The Kier molecular flexibility index (Phi) is 3.84. The van der Waals surface area contributed by atoms with Gasteiger partial charge < -0.3 is 5.11 Å². The molecule has 106 valence electrons. The molecule has 7 heteroatoms. The molecule has 0 aliphatic carbocycles. The lowest BCUT2D eigenvalue weighted by Crippen LogP contribution is -2.01. The summed E-state index contributed by atoms with van der Waals surface area (Å²) in [5.41, 5.74) is 1.48. The largest absolute Gasteiger partial charge is 0.476 e. The Balaban J connectivity index is 2.18. The van der Waals surface area contributed by atoms with Crippen LogP contribution in [0.5, 0.6) is 0 Å². The van der Waals surface area contributed by atoms with Crippen LogP contribution in [0.4, 0.5) is 0 Å². The maximum Gasteiger partial charge on any atom is 0.356 e. The second kappa shape index (κ2) is 5.63. The van der Waals surface area contributed by atoms with Crippen molar-refractivity contribution in [1.82, 2.24) is 9.78 Å². The summed E-state index contributed by atoms with van der Waals surface area (Å²) in [6.45, 7) is 0. The predicted octanol–water partition coefficient (Wildman–Crippen LogP) is 4.71. The van der Waals surface area contributed by atoms with Crippen LogP contribution in [0.2, 0.25) is 4.34 Å². The second-order valence-corrected chi connectivity index (χ2v) is 6.84. The molecule has 2 aromatic heterocycles. The fraction of sp³-hybridized carbons (Fsp3) is 0. The summed E-state index contributed by atoms with van der Waals surface area (Å²) in [5.74, 6) is -1.06. The lowest BCUT2D eigenvalue weighted by Gasteiger charge is -2.05. The summed E-state index contributed by atoms with van der Waals surface area (Å²) in [4.78, 5) is 12.0. The molecule has 3 rings (SSSR count). The number of hydrogen-bond donors (Lipinski definition) is 1. The molecule has 1 aromatic carbocycles. The first-order valence-electron chi connectivity index (χ1n) is 5.89. The van der Waals surface area contributed by atoms with Crippen molar-refractivity contribution >= 4 is 44.8 Å². The number of carbonyl (C=O) groups is 1. The number of aromatic carboxylic acids is 1. The number of carboxylic acid groups (broad SMARTS) is 1. The van der Waals surface area contributed by atoms with Gasteiger partial charge in [-0.15, -0.1) is 11.3 Å². The van der Waals surface area contributed by atoms with Gasteiger partial charge in [0.2, 0.25) is 0 Å². The number of carboxylic acids is 1. The number of benzene rings is 1. The minimum atomic E-state index is -1.06. The van der Waals surface area contributed by atoms with Gasteiger partial charge in [0.1, 0.15) is 0 Å². The molecule has 0 saturated carbocycles. The number of nitrogens with zero attached hydrogens (tertiary/aromatic N) is 2. The number of halogens is 2. The highest BCUT2D eigenvalue weighted by atomic mass is 79.9. The zero-order valence-corrected chi connectivity index (χ0v) is 13.6. The Hall–Kier alpha value is -1.63. The minimum absolute atomic E-state index is 0.00237. The summed E-state index contributed by atoms with van der Waals surface area (Å²) >= 11 is 10.7. The van der Waals surface area contributed by atoms with Gasteiger partial charge in [-0.2, -0.15) is 5.10 Å². The highest BCUT2D eigenvalue weighted by molar-refractivity contribution is 9.10. The van der Waals surface area contributed by atoms with E-state index in [0.717, 1.165) is 15.0 Å². The number of hydrogen-bond acceptors (Lipinski definition) is 3. The van der Waals surface area contributed by atoms with Crippen LogP contribution in [-0.2, 0) is 0 Å². The lowest BCUT2D eigenvalue weighted by molar-refractivity contribution is 0.0690. The third kappa shape index (κ3) is 2.88. The van der Waals surface area contributed by atoms with Crippen molar-refractivity contribution in [2.45, 2.75) is 0 Å². The average molecular weight is 384 g/mol. The third-order valence-corrected chi connectivity index (χ3v) is 4.61. The Morgan fingerprint density at radius 1 is 1.24 bits per heavy atom. The summed E-state index contributed by atoms with van der Waals surface area (Å²) in [6, 6.07) is 12.7. The molecule has 2 heterocycles. The number of rotatable bonds is 3. The molecule has 0 aliphatic heterocycles. The zero-order chi connectivity index (χ0) is 15.0. The predicted molar refractivity (Wildman–Crippen MR) is 86.5 cm³/mol. The Labute approximate surface area is 137 Å². The quantitative estimate of drug-likeness (QED) is 0.712. The van der Waals surface area contributed by atoms with Crippen molar-refractivity contribution in [3.8, 4) is 16.3 Å². The molecule has 3 aromatic rings. The summed E-state index contributed by atoms with van der Waals surface area (Å²) in [7, 11) is 0. The molecule has 1 N–H and O–H groups in total. The Morgan fingerprint density at radius 3 is 2.52 bits per heavy atom. The first kappa shape index (κ1) is 14.3. The molecule has 0 saturated heterocycles. The van der Waals surface area contributed by atoms with Gasteiger partial charge in [0.15, 0.2) is 5.69 Å². The first-order valence-corrected chi connectivity index (χ1v) is 7.88. The minimum Gasteiger partial charge on any atom is -0.476 e. The average Bonchev–Trinajstić information content (AvgIpc) is 3.05. The van der Waals surface area contributed by atoms with Crippen LogP contribution in [0.3, 0.4) is 0 Å². The molecule has 0 amide bonds. The van der Waals surface area contributed by atoms with Crippen LogP contribution in [0.15, 0.2) is 46.9 Å². The SMILES string of the molecule is O=C(O)c1cc(-c2ccc(Cl)s2)n(-c2ccc(Br)cc2)n1. The van der Waals surface area contributed by atoms with Gasteiger partial charge in [-0.25, -0.2) is 9.48 Å². The van der Waals surface area contributed by atoms with Crippen molar-refractivity contribution in [3.63, 3.8) is 0 Å². The van der Waals surface area contributed by atoms with E-state index in [2.05, 4.69) is 21.0 Å². The van der Waals surface area contributed by atoms with Crippen molar-refractivity contribution in [1.29, 1.82) is 0 Å². The first-order chi connectivity index (χ1) is 10.0. The van der Waals surface area contributed by atoms with E-state index in [-0.39, 0.29) is 5.69 Å². The van der Waals surface area contributed by atoms with E-state index in [1.165, 1.54) is 11.3 Å². The monoisotopic (exact) mass is 382 g/mol. The molecule has 0 unspecified atom stereocenters. The zero-order valence-electron chi connectivity index (χ0n) is 10.5. The normalized spacial score (nSPS) is 10.8. The maximum absolute atomic E-state index is 11.2. The van der Waals surface area contributed by atoms with Gasteiger partial charge in [0, 0.05) is 10.5 Å². The van der Waals surface area contributed by atoms with E-state index >= 15 is 0 Å². The van der Waals surface area contributed by atoms with Crippen LogP contribution >= 0.6 is 38.9 Å². The maximum atomic E-state index is 11.2. The molecule has 0 bridgehead atoms. The highest BCUT2D eigenvalue weighted by Gasteiger charge is 2.17. The molecule has 0 aliphatic rings.